The lowest BCUT2D eigenvalue weighted by Gasteiger charge is -2.17. The van der Waals surface area contributed by atoms with Gasteiger partial charge in [0.25, 0.3) is 0 Å². The number of nitrogens with one attached hydrogen (secondary N) is 1. The van der Waals surface area contributed by atoms with Crippen molar-refractivity contribution in [2.24, 2.45) is 0 Å². The first-order chi connectivity index (χ1) is 11.0. The maximum atomic E-state index is 13.1. The summed E-state index contributed by atoms with van der Waals surface area (Å²) in [7, 11) is 1.54. The van der Waals surface area contributed by atoms with Gasteiger partial charge in [-0.2, -0.15) is 0 Å². The quantitative estimate of drug-likeness (QED) is 0.820. The number of methoxy groups -OCH3 is 1. The van der Waals surface area contributed by atoms with E-state index in [1.54, 1.807) is 19.2 Å². The van der Waals surface area contributed by atoms with Gasteiger partial charge in [0.15, 0.2) is 11.6 Å². The van der Waals surface area contributed by atoms with Crippen LogP contribution in [0.3, 0.4) is 0 Å². The molecule has 0 bridgehead atoms. The summed E-state index contributed by atoms with van der Waals surface area (Å²) < 4.78 is 36.5. The predicted octanol–water partition coefficient (Wildman–Crippen LogP) is 3.35. The second-order valence-electron chi connectivity index (χ2n) is 5.12. The molecule has 0 amide bonds. The third-order valence-corrected chi connectivity index (χ3v) is 3.25. The molecule has 0 fully saturated rings. The van der Waals surface area contributed by atoms with E-state index >= 15 is 0 Å². The number of hydrogen-bond acceptors (Lipinski definition) is 4. The maximum Gasteiger partial charge on any atom is 0.162 e. The first-order valence-electron chi connectivity index (χ1n) is 7.15. The summed E-state index contributed by atoms with van der Waals surface area (Å²) in [6.45, 7) is 2.03. The Bertz CT molecular complexity index is 664. The van der Waals surface area contributed by atoms with Crippen molar-refractivity contribution in [3.05, 3.63) is 53.6 Å². The lowest BCUT2D eigenvalue weighted by molar-refractivity contribution is 0.274. The number of ether oxygens (including phenoxy) is 2. The number of hydrogen-bond donors (Lipinski definition) is 2. The van der Waals surface area contributed by atoms with Gasteiger partial charge in [-0.1, -0.05) is 0 Å². The molecule has 4 nitrogen and oxygen atoms in total. The van der Waals surface area contributed by atoms with Crippen LogP contribution in [0, 0.1) is 11.6 Å². The Kier molecular flexibility index (Phi) is 5.76. The molecule has 0 saturated carbocycles. The minimum Gasteiger partial charge on any atom is -0.496 e. The molecule has 0 aliphatic rings. The summed E-state index contributed by atoms with van der Waals surface area (Å²) in [5.41, 5.74) is 1.47. The Morgan fingerprint density at radius 1 is 1.13 bits per heavy atom. The van der Waals surface area contributed by atoms with Crippen LogP contribution in [0.4, 0.5) is 14.5 Å². The third kappa shape index (κ3) is 4.56. The zero-order valence-corrected chi connectivity index (χ0v) is 13.0. The Labute approximate surface area is 133 Å². The third-order valence-electron chi connectivity index (χ3n) is 3.25. The Morgan fingerprint density at radius 2 is 1.91 bits per heavy atom. The molecule has 6 heteroatoms. The Balaban J connectivity index is 1.94. The smallest absolute Gasteiger partial charge is 0.162 e. The van der Waals surface area contributed by atoms with E-state index in [1.807, 2.05) is 13.0 Å². The molecule has 1 unspecified atom stereocenters. The van der Waals surface area contributed by atoms with Crippen LogP contribution in [0.1, 0.15) is 12.5 Å². The summed E-state index contributed by atoms with van der Waals surface area (Å²) in [5.74, 6) is -0.962. The summed E-state index contributed by atoms with van der Waals surface area (Å²) in [4.78, 5) is 0. The van der Waals surface area contributed by atoms with E-state index in [0.717, 1.165) is 17.8 Å². The first-order valence-corrected chi connectivity index (χ1v) is 7.15. The average Bonchev–Trinajstić information content (AvgIpc) is 2.55. The van der Waals surface area contributed by atoms with Crippen LogP contribution < -0.4 is 14.8 Å². The van der Waals surface area contributed by atoms with Gasteiger partial charge in [-0.15, -0.1) is 0 Å². The molecule has 0 radical (unpaired) electrons. The molecular weight excluding hydrogens is 304 g/mol. The van der Waals surface area contributed by atoms with Gasteiger partial charge in [-0.25, -0.2) is 8.78 Å². The van der Waals surface area contributed by atoms with E-state index in [4.69, 9.17) is 9.47 Å². The lowest BCUT2D eigenvalue weighted by atomic mass is 10.1. The van der Waals surface area contributed by atoms with Crippen molar-refractivity contribution < 1.29 is 23.4 Å². The molecule has 0 heterocycles. The van der Waals surface area contributed by atoms with Crippen LogP contribution >= 0.6 is 0 Å². The van der Waals surface area contributed by atoms with Crippen molar-refractivity contribution in [3.63, 3.8) is 0 Å². The summed E-state index contributed by atoms with van der Waals surface area (Å²) in [6.07, 6.45) is 0. The molecule has 0 aromatic heterocycles. The van der Waals surface area contributed by atoms with Gasteiger partial charge in [-0.3, -0.25) is 0 Å². The van der Waals surface area contributed by atoms with Crippen molar-refractivity contribution in [3.8, 4) is 11.5 Å². The van der Waals surface area contributed by atoms with Gasteiger partial charge >= 0.3 is 0 Å². The highest BCUT2D eigenvalue weighted by Crippen LogP contribution is 2.23. The van der Waals surface area contributed by atoms with Crippen molar-refractivity contribution in [1.29, 1.82) is 0 Å². The fraction of sp³-hybridized carbons (Fsp3) is 0.294. The molecular formula is C17H19F2NO3. The highest BCUT2D eigenvalue weighted by molar-refractivity contribution is 5.51. The standard InChI is InChI=1S/C17H19F2NO3/c1-11(10-23-14-4-5-15(18)16(19)8-14)20-13-3-6-17(22-2)12(7-13)9-21/h3-8,11,20-21H,9-10H2,1-2H3. The molecule has 0 aliphatic heterocycles. The van der Waals surface area contributed by atoms with Crippen molar-refractivity contribution in [2.45, 2.75) is 19.6 Å². The van der Waals surface area contributed by atoms with E-state index in [2.05, 4.69) is 5.32 Å². The van der Waals surface area contributed by atoms with Crippen LogP contribution in [0.5, 0.6) is 11.5 Å². The first kappa shape index (κ1) is 17.0. The van der Waals surface area contributed by atoms with E-state index < -0.39 is 11.6 Å². The minimum atomic E-state index is -0.939. The molecule has 2 aromatic rings. The SMILES string of the molecule is COc1ccc(NC(C)COc2ccc(F)c(F)c2)cc1CO. The number of aliphatic hydroxyl groups excluding tert-OH is 1. The van der Waals surface area contributed by atoms with E-state index in [0.29, 0.717) is 11.3 Å². The van der Waals surface area contributed by atoms with Crippen LogP contribution in [0.2, 0.25) is 0 Å². The van der Waals surface area contributed by atoms with Crippen LogP contribution in [0.25, 0.3) is 0 Å². The normalized spacial score (nSPS) is 11.9. The minimum absolute atomic E-state index is 0.0805. The van der Waals surface area contributed by atoms with Crippen molar-refractivity contribution in [2.75, 3.05) is 19.0 Å². The zero-order valence-electron chi connectivity index (χ0n) is 13.0. The van der Waals surface area contributed by atoms with Gasteiger partial charge in [0.05, 0.1) is 19.8 Å². The molecule has 0 aliphatic carbocycles. The van der Waals surface area contributed by atoms with Crippen molar-refractivity contribution in [1.82, 2.24) is 0 Å². The van der Waals surface area contributed by atoms with Crippen molar-refractivity contribution >= 4 is 5.69 Å². The predicted molar refractivity (Wildman–Crippen MR) is 83.9 cm³/mol. The molecule has 2 aromatic carbocycles. The number of benzene rings is 2. The van der Waals surface area contributed by atoms with Gasteiger partial charge in [0, 0.05) is 17.3 Å². The second-order valence-corrected chi connectivity index (χ2v) is 5.12. The number of aliphatic hydroxyl groups is 1. The monoisotopic (exact) mass is 323 g/mol. The fourth-order valence-electron chi connectivity index (χ4n) is 2.11. The number of halogens is 2. The van der Waals surface area contributed by atoms with Crippen LogP contribution in [-0.4, -0.2) is 24.9 Å². The van der Waals surface area contributed by atoms with Gasteiger partial charge in [-0.05, 0) is 37.3 Å². The molecule has 0 spiro atoms. The van der Waals surface area contributed by atoms with E-state index in [1.165, 1.54) is 6.07 Å². The highest BCUT2D eigenvalue weighted by Gasteiger charge is 2.08. The molecule has 0 saturated heterocycles. The average molecular weight is 323 g/mol. The Hall–Kier alpha value is -2.34. The van der Waals surface area contributed by atoms with E-state index in [9.17, 15) is 13.9 Å². The molecule has 23 heavy (non-hydrogen) atoms. The largest absolute Gasteiger partial charge is 0.496 e. The molecule has 2 rings (SSSR count). The second kappa shape index (κ2) is 7.78. The van der Waals surface area contributed by atoms with Gasteiger partial charge in [0.1, 0.15) is 18.1 Å². The number of anilines is 1. The van der Waals surface area contributed by atoms with Gasteiger partial charge < -0.3 is 19.9 Å². The van der Waals surface area contributed by atoms with Gasteiger partial charge in [0.2, 0.25) is 0 Å². The lowest BCUT2D eigenvalue weighted by Crippen LogP contribution is -2.23. The molecule has 2 N–H and O–H groups in total. The summed E-state index contributed by atoms with van der Waals surface area (Å²) in [5, 5.41) is 12.5. The molecule has 124 valence electrons. The maximum absolute atomic E-state index is 13.1. The highest BCUT2D eigenvalue weighted by atomic mass is 19.2. The topological polar surface area (TPSA) is 50.7 Å². The fourth-order valence-corrected chi connectivity index (χ4v) is 2.11. The molecule has 1 atom stereocenters. The Morgan fingerprint density at radius 3 is 2.57 bits per heavy atom. The van der Waals surface area contributed by atoms with Crippen LogP contribution in [0.15, 0.2) is 36.4 Å². The van der Waals surface area contributed by atoms with E-state index in [-0.39, 0.29) is 25.0 Å². The zero-order chi connectivity index (χ0) is 16.8. The summed E-state index contributed by atoms with van der Waals surface area (Å²) in [6, 6.07) is 8.71. The van der Waals surface area contributed by atoms with Crippen LogP contribution in [-0.2, 0) is 6.61 Å². The number of rotatable bonds is 7. The summed E-state index contributed by atoms with van der Waals surface area (Å²) >= 11 is 0.